The van der Waals surface area contributed by atoms with Crippen molar-refractivity contribution in [2.75, 3.05) is 13.6 Å². The van der Waals surface area contributed by atoms with Crippen molar-refractivity contribution in [3.05, 3.63) is 16.9 Å². The van der Waals surface area contributed by atoms with Crippen molar-refractivity contribution >= 4 is 21.9 Å². The molecule has 0 aromatic carbocycles. The molecule has 0 aliphatic carbocycles. The Hall–Kier alpha value is -1.08. The first kappa shape index (κ1) is 11.0. The first-order chi connectivity index (χ1) is 6.76. The van der Waals surface area contributed by atoms with Gasteiger partial charge >= 0.3 is 0 Å². The zero-order chi connectivity index (χ0) is 10.4. The van der Waals surface area contributed by atoms with E-state index in [1.54, 1.807) is 13.2 Å². The van der Waals surface area contributed by atoms with E-state index >= 15 is 0 Å². The van der Waals surface area contributed by atoms with Crippen LogP contribution in [0, 0.1) is 0 Å². The number of hydrogen-bond donors (Lipinski definition) is 3. The summed E-state index contributed by atoms with van der Waals surface area (Å²) in [6.07, 6.45) is 3.65. The van der Waals surface area contributed by atoms with Gasteiger partial charge in [-0.15, -0.1) is 0 Å². The van der Waals surface area contributed by atoms with E-state index in [0.29, 0.717) is 12.5 Å². The molecule has 0 amide bonds. The van der Waals surface area contributed by atoms with Crippen molar-refractivity contribution in [2.45, 2.75) is 6.54 Å². The van der Waals surface area contributed by atoms with Crippen molar-refractivity contribution in [3.63, 3.8) is 0 Å². The lowest BCUT2D eigenvalue weighted by Gasteiger charge is -2.07. The van der Waals surface area contributed by atoms with Gasteiger partial charge < -0.3 is 5.32 Å². The molecule has 0 radical (unpaired) electrons. The molecule has 1 aromatic rings. The molecule has 0 saturated carbocycles. The van der Waals surface area contributed by atoms with Gasteiger partial charge in [-0.3, -0.25) is 15.1 Å². The summed E-state index contributed by atoms with van der Waals surface area (Å²) in [6, 6.07) is 0. The molecule has 14 heavy (non-hydrogen) atoms. The highest BCUT2D eigenvalue weighted by molar-refractivity contribution is 9.10. The highest BCUT2D eigenvalue weighted by Gasteiger charge is 1.96. The third-order valence-corrected chi connectivity index (χ3v) is 2.00. The van der Waals surface area contributed by atoms with Crippen LogP contribution in [-0.4, -0.2) is 29.3 Å². The summed E-state index contributed by atoms with van der Waals surface area (Å²) in [4.78, 5) is 3.87. The van der Waals surface area contributed by atoms with Gasteiger partial charge in [0.15, 0.2) is 0 Å². The molecule has 0 saturated heterocycles. The minimum Gasteiger partial charge on any atom is -0.353 e. The molecule has 0 aliphatic heterocycles. The molecular weight excluding hydrogens is 248 g/mol. The lowest BCUT2D eigenvalue weighted by Crippen LogP contribution is -2.42. The second-order valence-corrected chi connectivity index (χ2v) is 3.48. The van der Waals surface area contributed by atoms with E-state index in [2.05, 4.69) is 36.8 Å². The van der Waals surface area contributed by atoms with Crippen LogP contribution in [0.3, 0.4) is 0 Å². The molecule has 0 aliphatic rings. The maximum absolute atomic E-state index is 5.19. The fourth-order valence-electron chi connectivity index (χ4n) is 0.944. The van der Waals surface area contributed by atoms with Crippen LogP contribution < -0.4 is 16.6 Å². The summed E-state index contributed by atoms with van der Waals surface area (Å²) >= 11 is 3.32. The molecule has 1 aromatic heterocycles. The summed E-state index contributed by atoms with van der Waals surface area (Å²) in [5.74, 6) is 5.76. The van der Waals surface area contributed by atoms with E-state index < -0.39 is 0 Å². The average Bonchev–Trinajstić information content (AvgIpc) is 2.59. The number of rotatable bonds is 3. The quantitative estimate of drug-likeness (QED) is 0.301. The molecule has 0 fully saturated rings. The van der Waals surface area contributed by atoms with Gasteiger partial charge in [0, 0.05) is 19.8 Å². The summed E-state index contributed by atoms with van der Waals surface area (Å²) in [6.45, 7) is 1.47. The van der Waals surface area contributed by atoms with Crippen molar-refractivity contribution in [3.8, 4) is 0 Å². The summed E-state index contributed by atoms with van der Waals surface area (Å²) in [5, 5.41) is 7.12. The van der Waals surface area contributed by atoms with Crippen LogP contribution in [0.2, 0.25) is 0 Å². The zero-order valence-electron chi connectivity index (χ0n) is 7.87. The number of halogens is 1. The fraction of sp³-hybridized carbons (Fsp3) is 0.429. The van der Waals surface area contributed by atoms with Crippen LogP contribution >= 0.6 is 15.9 Å². The van der Waals surface area contributed by atoms with Gasteiger partial charge in [0.1, 0.15) is 0 Å². The van der Waals surface area contributed by atoms with Gasteiger partial charge in [0.2, 0.25) is 5.96 Å². The molecule has 0 spiro atoms. The Bertz CT molecular complexity index is 307. The Labute approximate surface area is 90.7 Å². The van der Waals surface area contributed by atoms with E-state index in [4.69, 9.17) is 5.84 Å². The normalized spacial score (nSPS) is 11.5. The third kappa shape index (κ3) is 3.35. The number of aromatic nitrogens is 2. The average molecular weight is 261 g/mol. The predicted octanol–water partition coefficient (Wildman–Crippen LogP) is -0.316. The van der Waals surface area contributed by atoms with Crippen LogP contribution in [0.5, 0.6) is 0 Å². The lowest BCUT2D eigenvalue weighted by molar-refractivity contribution is 0.598. The van der Waals surface area contributed by atoms with Gasteiger partial charge in [0.25, 0.3) is 0 Å². The van der Waals surface area contributed by atoms with Gasteiger partial charge in [0.05, 0.1) is 17.2 Å². The van der Waals surface area contributed by atoms with Gasteiger partial charge in [-0.1, -0.05) is 0 Å². The molecule has 4 N–H and O–H groups in total. The summed E-state index contributed by atoms with van der Waals surface area (Å²) in [5.41, 5.74) is 2.44. The fourth-order valence-corrected chi connectivity index (χ4v) is 1.27. The molecule has 0 atom stereocenters. The maximum atomic E-state index is 5.19. The molecular formula is C7H13BrN6. The van der Waals surface area contributed by atoms with Gasteiger partial charge in [-0.25, -0.2) is 5.84 Å². The second-order valence-electron chi connectivity index (χ2n) is 2.56. The molecule has 6 nitrogen and oxygen atoms in total. The number of hydrazine groups is 1. The third-order valence-electron chi connectivity index (χ3n) is 1.60. The predicted molar refractivity (Wildman–Crippen MR) is 58.6 cm³/mol. The molecule has 0 unspecified atom stereocenters. The largest absolute Gasteiger partial charge is 0.353 e. The van der Waals surface area contributed by atoms with Crippen LogP contribution in [0.25, 0.3) is 0 Å². The SMILES string of the molecule is CN=C(NN)NCCn1cc(Br)cn1. The number of nitrogens with two attached hydrogens (primary N) is 1. The summed E-state index contributed by atoms with van der Waals surface area (Å²) in [7, 11) is 1.66. The Morgan fingerprint density at radius 1 is 1.79 bits per heavy atom. The second kappa shape index (κ2) is 5.61. The first-order valence-corrected chi connectivity index (χ1v) is 4.91. The van der Waals surface area contributed by atoms with E-state index in [0.717, 1.165) is 11.0 Å². The van der Waals surface area contributed by atoms with Crippen molar-refractivity contribution < 1.29 is 0 Å². The van der Waals surface area contributed by atoms with Crippen LogP contribution in [-0.2, 0) is 6.54 Å². The molecule has 1 rings (SSSR count). The highest BCUT2D eigenvalue weighted by Crippen LogP contribution is 2.05. The standard InChI is InChI=1S/C7H13BrN6/c1-10-7(13-9)11-2-3-14-5-6(8)4-12-14/h4-5H,2-3,9H2,1H3,(H2,10,11,13). The minimum atomic E-state index is 0.566. The first-order valence-electron chi connectivity index (χ1n) is 4.11. The van der Waals surface area contributed by atoms with Gasteiger partial charge in [-0.05, 0) is 15.9 Å². The van der Waals surface area contributed by atoms with E-state index in [1.165, 1.54) is 0 Å². The Balaban J connectivity index is 2.28. The molecule has 1 heterocycles. The lowest BCUT2D eigenvalue weighted by atomic mass is 10.6. The van der Waals surface area contributed by atoms with Crippen molar-refractivity contribution in [1.29, 1.82) is 0 Å². The van der Waals surface area contributed by atoms with Crippen molar-refractivity contribution in [1.82, 2.24) is 20.5 Å². The van der Waals surface area contributed by atoms with E-state index in [1.807, 2.05) is 10.9 Å². The smallest absolute Gasteiger partial charge is 0.205 e. The van der Waals surface area contributed by atoms with Crippen LogP contribution in [0.1, 0.15) is 0 Å². The molecule has 0 bridgehead atoms. The zero-order valence-corrected chi connectivity index (χ0v) is 9.45. The van der Waals surface area contributed by atoms with E-state index in [9.17, 15) is 0 Å². The molecule has 78 valence electrons. The van der Waals surface area contributed by atoms with Crippen LogP contribution in [0.4, 0.5) is 0 Å². The maximum Gasteiger partial charge on any atom is 0.205 e. The minimum absolute atomic E-state index is 0.566. The monoisotopic (exact) mass is 260 g/mol. The Kier molecular flexibility index (Phi) is 4.41. The summed E-state index contributed by atoms with van der Waals surface area (Å²) < 4.78 is 2.79. The Morgan fingerprint density at radius 3 is 3.07 bits per heavy atom. The topological polar surface area (TPSA) is 80.3 Å². The van der Waals surface area contributed by atoms with Gasteiger partial charge in [-0.2, -0.15) is 5.10 Å². The number of nitrogens with zero attached hydrogens (tertiary/aromatic N) is 3. The number of guanidine groups is 1. The molecule has 7 heteroatoms. The van der Waals surface area contributed by atoms with Crippen molar-refractivity contribution in [2.24, 2.45) is 10.8 Å². The Morgan fingerprint density at radius 2 is 2.57 bits per heavy atom. The number of aliphatic imine (C=N–C) groups is 1. The van der Waals surface area contributed by atoms with Crippen LogP contribution in [0.15, 0.2) is 21.9 Å². The number of hydrogen-bond acceptors (Lipinski definition) is 3. The van der Waals surface area contributed by atoms with E-state index in [-0.39, 0.29) is 0 Å². The number of nitrogens with one attached hydrogen (secondary N) is 2. The highest BCUT2D eigenvalue weighted by atomic mass is 79.9.